The van der Waals surface area contributed by atoms with Crippen LogP contribution in [0.1, 0.15) is 36.1 Å². The van der Waals surface area contributed by atoms with Gasteiger partial charge in [0.25, 0.3) is 5.91 Å². The molecule has 0 fully saturated rings. The standard InChI is InChI=1S/C18H23N3O4S/c1-11-15(12(2)21-18(20-11)26-4)7-8-16(22)25-13(3)17(23)19-10-14-6-5-9-24-14/h5-6,9,13H,7-8,10H2,1-4H3,(H,19,23)/t13-/m0/s1. The zero-order valence-electron chi connectivity index (χ0n) is 15.4. The summed E-state index contributed by atoms with van der Waals surface area (Å²) in [5, 5.41) is 3.38. The van der Waals surface area contributed by atoms with Crippen molar-refractivity contribution in [1.29, 1.82) is 0 Å². The van der Waals surface area contributed by atoms with Crippen molar-refractivity contribution in [3.8, 4) is 0 Å². The van der Waals surface area contributed by atoms with Gasteiger partial charge in [0.15, 0.2) is 11.3 Å². The number of amides is 1. The molecule has 0 spiro atoms. The maximum absolute atomic E-state index is 12.0. The Bertz CT molecular complexity index is 739. The van der Waals surface area contributed by atoms with Gasteiger partial charge in [-0.25, -0.2) is 9.97 Å². The van der Waals surface area contributed by atoms with Gasteiger partial charge < -0.3 is 14.5 Å². The molecule has 0 aliphatic heterocycles. The van der Waals surface area contributed by atoms with Crippen LogP contribution < -0.4 is 5.32 Å². The van der Waals surface area contributed by atoms with Gasteiger partial charge in [-0.05, 0) is 51.1 Å². The lowest BCUT2D eigenvalue weighted by atomic mass is 10.1. The van der Waals surface area contributed by atoms with Crippen LogP contribution in [0, 0.1) is 13.8 Å². The predicted molar refractivity (Wildman–Crippen MR) is 97.7 cm³/mol. The first-order chi connectivity index (χ1) is 12.4. The van der Waals surface area contributed by atoms with E-state index >= 15 is 0 Å². The topological polar surface area (TPSA) is 94.3 Å². The number of thioether (sulfide) groups is 1. The van der Waals surface area contributed by atoms with Crippen molar-refractivity contribution >= 4 is 23.6 Å². The van der Waals surface area contributed by atoms with Crippen LogP contribution in [0.3, 0.4) is 0 Å². The second kappa shape index (κ2) is 9.38. The lowest BCUT2D eigenvalue weighted by molar-refractivity contribution is -0.154. The number of nitrogens with zero attached hydrogens (tertiary/aromatic N) is 2. The summed E-state index contributed by atoms with van der Waals surface area (Å²) in [6.07, 6.45) is 3.23. The van der Waals surface area contributed by atoms with Crippen LogP contribution in [0.4, 0.5) is 0 Å². The minimum absolute atomic E-state index is 0.166. The second-order valence-corrected chi connectivity index (χ2v) is 6.56. The highest BCUT2D eigenvalue weighted by Gasteiger charge is 2.18. The Morgan fingerprint density at radius 2 is 2.00 bits per heavy atom. The molecule has 26 heavy (non-hydrogen) atoms. The van der Waals surface area contributed by atoms with Crippen molar-refractivity contribution in [3.63, 3.8) is 0 Å². The SMILES string of the molecule is CSc1nc(C)c(CCC(=O)O[C@@H](C)C(=O)NCc2ccco2)c(C)n1. The number of ether oxygens (including phenoxy) is 1. The number of furan rings is 1. The first kappa shape index (κ1) is 20.0. The molecule has 1 atom stereocenters. The maximum Gasteiger partial charge on any atom is 0.306 e. The molecule has 2 aromatic rings. The first-order valence-electron chi connectivity index (χ1n) is 8.28. The summed E-state index contributed by atoms with van der Waals surface area (Å²) < 4.78 is 10.3. The van der Waals surface area contributed by atoms with Crippen LogP contribution in [0.15, 0.2) is 28.0 Å². The third-order valence-electron chi connectivity index (χ3n) is 3.86. The number of hydrogen-bond donors (Lipinski definition) is 1. The van der Waals surface area contributed by atoms with Crippen molar-refractivity contribution in [3.05, 3.63) is 41.1 Å². The minimum Gasteiger partial charge on any atom is -0.467 e. The zero-order chi connectivity index (χ0) is 19.1. The van der Waals surface area contributed by atoms with Crippen molar-refractivity contribution in [2.24, 2.45) is 0 Å². The van der Waals surface area contributed by atoms with E-state index < -0.39 is 12.1 Å². The molecule has 1 N–H and O–H groups in total. The van der Waals surface area contributed by atoms with E-state index in [1.54, 1.807) is 19.1 Å². The molecule has 0 saturated heterocycles. The van der Waals surface area contributed by atoms with Gasteiger partial charge in [-0.2, -0.15) is 0 Å². The lowest BCUT2D eigenvalue weighted by Gasteiger charge is -2.14. The van der Waals surface area contributed by atoms with Gasteiger partial charge in [-0.3, -0.25) is 9.59 Å². The number of carbonyl (C=O) groups is 2. The lowest BCUT2D eigenvalue weighted by Crippen LogP contribution is -2.35. The molecule has 0 aliphatic carbocycles. The number of esters is 1. The Balaban J connectivity index is 1.81. The van der Waals surface area contributed by atoms with E-state index in [1.165, 1.54) is 18.0 Å². The van der Waals surface area contributed by atoms with E-state index in [9.17, 15) is 9.59 Å². The molecule has 2 heterocycles. The van der Waals surface area contributed by atoms with Gasteiger partial charge in [0.05, 0.1) is 12.8 Å². The number of hydrogen-bond acceptors (Lipinski definition) is 7. The summed E-state index contributed by atoms with van der Waals surface area (Å²) in [6.45, 7) is 5.60. The Kier molecular flexibility index (Phi) is 7.20. The molecule has 2 rings (SSSR count). The summed E-state index contributed by atoms with van der Waals surface area (Å²) >= 11 is 1.48. The summed E-state index contributed by atoms with van der Waals surface area (Å²) in [7, 11) is 0. The van der Waals surface area contributed by atoms with Gasteiger partial charge in [0.1, 0.15) is 5.76 Å². The monoisotopic (exact) mass is 377 g/mol. The van der Waals surface area contributed by atoms with Crippen LogP contribution in [0.2, 0.25) is 0 Å². The number of rotatable bonds is 8. The highest BCUT2D eigenvalue weighted by Crippen LogP contribution is 2.17. The molecule has 0 radical (unpaired) electrons. The number of carbonyl (C=O) groups excluding carboxylic acids is 2. The van der Waals surface area contributed by atoms with E-state index in [2.05, 4.69) is 15.3 Å². The first-order valence-corrected chi connectivity index (χ1v) is 9.51. The molecule has 0 aromatic carbocycles. The third-order valence-corrected chi connectivity index (χ3v) is 4.40. The van der Waals surface area contributed by atoms with Gasteiger partial charge in [-0.1, -0.05) is 11.8 Å². The maximum atomic E-state index is 12.0. The fourth-order valence-corrected chi connectivity index (χ4v) is 2.89. The van der Waals surface area contributed by atoms with Gasteiger partial charge >= 0.3 is 5.97 Å². The molecule has 0 unspecified atom stereocenters. The second-order valence-electron chi connectivity index (χ2n) is 5.79. The highest BCUT2D eigenvalue weighted by atomic mass is 32.2. The fraction of sp³-hybridized carbons (Fsp3) is 0.444. The molecular formula is C18H23N3O4S. The van der Waals surface area contributed by atoms with Crippen LogP contribution in [0.25, 0.3) is 0 Å². The summed E-state index contributed by atoms with van der Waals surface area (Å²) in [5.41, 5.74) is 2.66. The molecule has 0 bridgehead atoms. The van der Waals surface area contributed by atoms with Gasteiger partial charge in [0.2, 0.25) is 0 Å². The van der Waals surface area contributed by atoms with E-state index in [0.29, 0.717) is 17.3 Å². The van der Waals surface area contributed by atoms with E-state index in [4.69, 9.17) is 9.15 Å². The normalized spacial score (nSPS) is 11.8. The Morgan fingerprint density at radius 3 is 2.58 bits per heavy atom. The minimum atomic E-state index is -0.866. The summed E-state index contributed by atoms with van der Waals surface area (Å²) in [4.78, 5) is 32.8. The average Bonchev–Trinajstić information content (AvgIpc) is 3.12. The summed E-state index contributed by atoms with van der Waals surface area (Å²) in [5.74, 6) is -0.162. The van der Waals surface area contributed by atoms with Crippen molar-refractivity contribution in [1.82, 2.24) is 15.3 Å². The molecule has 0 aliphatic rings. The van der Waals surface area contributed by atoms with Crippen LogP contribution in [-0.2, 0) is 27.3 Å². The molecule has 0 saturated carbocycles. The van der Waals surface area contributed by atoms with E-state index in [0.717, 1.165) is 17.0 Å². The van der Waals surface area contributed by atoms with E-state index in [-0.39, 0.29) is 18.9 Å². The Hall–Kier alpha value is -2.35. The van der Waals surface area contributed by atoms with Crippen molar-refractivity contribution in [2.75, 3.05) is 6.26 Å². The third kappa shape index (κ3) is 5.59. The molecule has 2 aromatic heterocycles. The van der Waals surface area contributed by atoms with Crippen LogP contribution in [-0.4, -0.2) is 34.2 Å². The predicted octanol–water partition coefficient (Wildman–Crippen LogP) is 2.59. The van der Waals surface area contributed by atoms with Gasteiger partial charge in [-0.15, -0.1) is 0 Å². The molecule has 7 nitrogen and oxygen atoms in total. The smallest absolute Gasteiger partial charge is 0.306 e. The van der Waals surface area contributed by atoms with Crippen molar-refractivity contribution in [2.45, 2.75) is 51.4 Å². The number of aryl methyl sites for hydroxylation is 2. The summed E-state index contributed by atoms with van der Waals surface area (Å²) in [6, 6.07) is 3.50. The van der Waals surface area contributed by atoms with Gasteiger partial charge in [0, 0.05) is 17.8 Å². The van der Waals surface area contributed by atoms with Crippen molar-refractivity contribution < 1.29 is 18.7 Å². The molecule has 1 amide bonds. The van der Waals surface area contributed by atoms with E-state index in [1.807, 2.05) is 20.1 Å². The number of aromatic nitrogens is 2. The largest absolute Gasteiger partial charge is 0.467 e. The highest BCUT2D eigenvalue weighted by molar-refractivity contribution is 7.98. The molecular weight excluding hydrogens is 354 g/mol. The molecule has 8 heteroatoms. The Morgan fingerprint density at radius 1 is 1.31 bits per heavy atom. The Labute approximate surface area is 156 Å². The fourth-order valence-electron chi connectivity index (χ4n) is 2.43. The molecule has 140 valence electrons. The quantitative estimate of drug-likeness (QED) is 0.429. The van der Waals surface area contributed by atoms with Crippen LogP contribution in [0.5, 0.6) is 0 Å². The van der Waals surface area contributed by atoms with Crippen LogP contribution >= 0.6 is 11.8 Å². The average molecular weight is 377 g/mol. The zero-order valence-corrected chi connectivity index (χ0v) is 16.2. The number of nitrogens with one attached hydrogen (secondary N) is 1.